The number of benzene rings is 1. The summed E-state index contributed by atoms with van der Waals surface area (Å²) in [7, 11) is 0. The minimum Gasteiger partial charge on any atom is -0.440 e. The molecule has 4 saturated carbocycles. The number of nitrogens with zero attached hydrogens (tertiary/aromatic N) is 2. The van der Waals surface area contributed by atoms with Crippen LogP contribution in [0.3, 0.4) is 0 Å². The van der Waals surface area contributed by atoms with Gasteiger partial charge >= 0.3 is 0 Å². The molecule has 1 aromatic carbocycles. The minimum absolute atomic E-state index is 0.475. The Balaban J connectivity index is 1.17. The fraction of sp³-hybridized carbons (Fsp3) is 0.560. The molecule has 0 spiro atoms. The maximum Gasteiger partial charge on any atom is 0.196 e. The Morgan fingerprint density at radius 1 is 0.857 bits per heavy atom. The fourth-order valence-electron chi connectivity index (χ4n) is 7.02. The molecule has 1 saturated heterocycles. The molecular weight excluding hydrogens is 344 g/mol. The van der Waals surface area contributed by atoms with Crippen LogP contribution in [0.1, 0.15) is 62.7 Å². The molecule has 7 rings (SSSR count). The van der Waals surface area contributed by atoms with E-state index in [4.69, 9.17) is 4.42 Å². The first-order valence-corrected chi connectivity index (χ1v) is 11.3. The monoisotopic (exact) mass is 374 g/mol. The number of rotatable bonds is 4. The van der Waals surface area contributed by atoms with Gasteiger partial charge in [-0.1, -0.05) is 12.1 Å². The summed E-state index contributed by atoms with van der Waals surface area (Å²) >= 11 is 0. The predicted octanol–water partition coefficient (Wildman–Crippen LogP) is 6.10. The second-order valence-corrected chi connectivity index (χ2v) is 9.87. The van der Waals surface area contributed by atoms with E-state index < -0.39 is 0 Å². The van der Waals surface area contributed by atoms with Crippen LogP contribution in [-0.2, 0) is 5.41 Å². The van der Waals surface area contributed by atoms with E-state index >= 15 is 0 Å². The van der Waals surface area contributed by atoms with E-state index in [1.165, 1.54) is 51.4 Å². The van der Waals surface area contributed by atoms with Gasteiger partial charge in [-0.05, 0) is 98.3 Å². The highest BCUT2D eigenvalue weighted by molar-refractivity contribution is 5.79. The van der Waals surface area contributed by atoms with Crippen molar-refractivity contribution in [1.82, 2.24) is 0 Å². The molecule has 3 heteroatoms. The quantitative estimate of drug-likeness (QED) is 0.605. The summed E-state index contributed by atoms with van der Waals surface area (Å²) in [5.41, 5.74) is 3.07. The molecule has 5 fully saturated rings. The first-order valence-electron chi connectivity index (χ1n) is 11.3. The predicted molar refractivity (Wildman–Crippen MR) is 114 cm³/mol. The molecule has 0 amide bonds. The van der Waals surface area contributed by atoms with E-state index in [1.807, 2.05) is 12.3 Å². The van der Waals surface area contributed by atoms with Gasteiger partial charge in [0.2, 0.25) is 0 Å². The lowest BCUT2D eigenvalue weighted by atomic mass is 9.48. The van der Waals surface area contributed by atoms with E-state index in [2.05, 4.69) is 40.2 Å². The number of anilines is 1. The zero-order chi connectivity index (χ0) is 18.6. The first-order chi connectivity index (χ1) is 13.8. The number of aliphatic imine (C=N–C) groups is 1. The van der Waals surface area contributed by atoms with Crippen LogP contribution in [0.25, 0.3) is 0 Å². The van der Waals surface area contributed by atoms with Crippen molar-refractivity contribution in [2.24, 2.45) is 22.7 Å². The molecule has 0 N–H and O–H groups in total. The molecule has 2 aromatic rings. The summed E-state index contributed by atoms with van der Waals surface area (Å²) in [6.45, 7) is 2.21. The highest BCUT2D eigenvalue weighted by Crippen LogP contribution is 2.60. The van der Waals surface area contributed by atoms with Crippen molar-refractivity contribution >= 4 is 17.8 Å². The Labute approximate surface area is 167 Å². The molecular formula is C25H30N2O. The van der Waals surface area contributed by atoms with Gasteiger partial charge in [-0.25, -0.2) is 0 Å². The zero-order valence-electron chi connectivity index (χ0n) is 16.6. The van der Waals surface area contributed by atoms with Gasteiger partial charge in [0.05, 0.1) is 11.9 Å². The Hall–Kier alpha value is -2.03. The van der Waals surface area contributed by atoms with Gasteiger partial charge < -0.3 is 9.32 Å². The van der Waals surface area contributed by atoms with Crippen LogP contribution >= 0.6 is 0 Å². The molecule has 28 heavy (non-hydrogen) atoms. The number of hydrogen-bond acceptors (Lipinski definition) is 3. The molecule has 146 valence electrons. The number of furan rings is 1. The van der Waals surface area contributed by atoms with Gasteiger partial charge in [-0.2, -0.15) is 0 Å². The number of hydrogen-bond donors (Lipinski definition) is 0. The Morgan fingerprint density at radius 3 is 2.14 bits per heavy atom. The Kier molecular flexibility index (Phi) is 3.92. The topological polar surface area (TPSA) is 28.7 Å². The lowest BCUT2D eigenvalue weighted by Gasteiger charge is -2.57. The van der Waals surface area contributed by atoms with Crippen molar-refractivity contribution in [3.8, 4) is 0 Å². The van der Waals surface area contributed by atoms with Crippen molar-refractivity contribution in [1.29, 1.82) is 0 Å². The van der Waals surface area contributed by atoms with Crippen molar-refractivity contribution in [2.75, 3.05) is 18.0 Å². The Bertz CT molecular complexity index is 837. The second kappa shape index (κ2) is 6.50. The molecule has 4 bridgehead atoms. The Morgan fingerprint density at radius 2 is 1.50 bits per heavy atom. The van der Waals surface area contributed by atoms with E-state index in [0.717, 1.165) is 48.2 Å². The summed E-state index contributed by atoms with van der Waals surface area (Å²) in [5, 5.41) is 0. The van der Waals surface area contributed by atoms with Gasteiger partial charge in [0.15, 0.2) is 5.88 Å². The lowest BCUT2D eigenvalue weighted by molar-refractivity contribution is -0.00518. The third kappa shape index (κ3) is 2.91. The minimum atomic E-state index is 0.475. The van der Waals surface area contributed by atoms with Crippen LogP contribution < -0.4 is 4.90 Å². The summed E-state index contributed by atoms with van der Waals surface area (Å²) in [6.07, 6.45) is 13.2. The van der Waals surface area contributed by atoms with Gasteiger partial charge in [-0.3, -0.25) is 4.99 Å². The van der Waals surface area contributed by atoms with Gasteiger partial charge in [0.1, 0.15) is 5.76 Å². The first kappa shape index (κ1) is 16.9. The van der Waals surface area contributed by atoms with Crippen molar-refractivity contribution < 1.29 is 4.42 Å². The summed E-state index contributed by atoms with van der Waals surface area (Å²) in [6, 6.07) is 13.2. The summed E-state index contributed by atoms with van der Waals surface area (Å²) in [5.74, 6) is 4.80. The molecule has 2 heterocycles. The van der Waals surface area contributed by atoms with Gasteiger partial charge in [-0.15, -0.1) is 0 Å². The van der Waals surface area contributed by atoms with Crippen LogP contribution in [0.15, 0.2) is 45.8 Å². The highest BCUT2D eigenvalue weighted by Gasteiger charge is 2.51. The van der Waals surface area contributed by atoms with E-state index in [-0.39, 0.29) is 0 Å². The van der Waals surface area contributed by atoms with Crippen molar-refractivity contribution in [3.63, 3.8) is 0 Å². The molecule has 0 radical (unpaired) electrons. The van der Waals surface area contributed by atoms with E-state index in [0.29, 0.717) is 5.41 Å². The van der Waals surface area contributed by atoms with Crippen LogP contribution in [0.2, 0.25) is 0 Å². The van der Waals surface area contributed by atoms with Crippen LogP contribution in [-0.4, -0.2) is 19.3 Å². The molecule has 1 aliphatic heterocycles. The molecule has 5 aliphatic rings. The molecule has 1 aromatic heterocycles. The van der Waals surface area contributed by atoms with E-state index in [9.17, 15) is 0 Å². The smallest absolute Gasteiger partial charge is 0.196 e. The average Bonchev–Trinajstić information content (AvgIpc) is 3.37. The van der Waals surface area contributed by atoms with E-state index in [1.54, 1.807) is 5.56 Å². The summed E-state index contributed by atoms with van der Waals surface area (Å²) < 4.78 is 5.95. The molecule has 4 aliphatic carbocycles. The SMILES string of the molecule is C(=Nc1ccc(C23CC4CC(CC(C4)C2)C3)cc1)c1ccc(N2CCCC2)o1. The van der Waals surface area contributed by atoms with Crippen LogP contribution in [0, 0.1) is 17.8 Å². The zero-order valence-corrected chi connectivity index (χ0v) is 16.6. The fourth-order valence-corrected chi connectivity index (χ4v) is 7.02. The largest absolute Gasteiger partial charge is 0.440 e. The molecule has 0 unspecified atom stereocenters. The van der Waals surface area contributed by atoms with Crippen LogP contribution in [0.5, 0.6) is 0 Å². The standard InChI is InChI=1S/C25H30N2O/c1-2-10-27(9-1)24-8-7-23(28-24)17-26-22-5-3-21(4-6-22)25-14-18-11-19(15-25)13-20(12-18)16-25/h3-8,17-20H,1-2,9-16H2. The summed E-state index contributed by atoms with van der Waals surface area (Å²) in [4.78, 5) is 6.98. The highest BCUT2D eigenvalue weighted by atomic mass is 16.4. The second-order valence-electron chi connectivity index (χ2n) is 9.87. The van der Waals surface area contributed by atoms with Crippen LogP contribution in [0.4, 0.5) is 11.6 Å². The van der Waals surface area contributed by atoms with Crippen molar-refractivity contribution in [2.45, 2.75) is 56.8 Å². The maximum atomic E-state index is 5.95. The third-order valence-electron chi connectivity index (χ3n) is 7.89. The molecule has 3 nitrogen and oxygen atoms in total. The normalized spacial score (nSPS) is 34.0. The van der Waals surface area contributed by atoms with Crippen molar-refractivity contribution in [3.05, 3.63) is 47.7 Å². The lowest BCUT2D eigenvalue weighted by Crippen LogP contribution is -2.48. The maximum absolute atomic E-state index is 5.95. The third-order valence-corrected chi connectivity index (χ3v) is 7.89. The average molecular weight is 375 g/mol. The van der Waals surface area contributed by atoms with Gasteiger partial charge in [0, 0.05) is 19.2 Å². The molecule has 0 atom stereocenters. The van der Waals surface area contributed by atoms with Gasteiger partial charge in [0.25, 0.3) is 0 Å².